The molecule has 0 heterocycles. The summed E-state index contributed by atoms with van der Waals surface area (Å²) in [6.07, 6.45) is 3.05. The molecule has 1 aromatic rings. The second-order valence-electron chi connectivity index (χ2n) is 4.29. The Bertz CT molecular complexity index is 351. The molecule has 4 heteroatoms. The molecule has 1 atom stereocenters. The van der Waals surface area contributed by atoms with Crippen LogP contribution in [0.2, 0.25) is 10.0 Å². The quantitative estimate of drug-likeness (QED) is 0.612. The van der Waals surface area contributed by atoms with Crippen molar-refractivity contribution in [3.63, 3.8) is 0 Å². The Hall–Kier alpha value is -0.280. The maximum atomic E-state index is 6.17. The lowest BCUT2D eigenvalue weighted by Gasteiger charge is -2.25. The Morgan fingerprint density at radius 3 is 2.35 bits per heavy atom. The van der Waals surface area contributed by atoms with Crippen LogP contribution in [0.25, 0.3) is 0 Å². The fourth-order valence-corrected chi connectivity index (χ4v) is 2.63. The molecule has 1 unspecified atom stereocenters. The lowest BCUT2D eigenvalue weighted by atomic mass is 9.90. The van der Waals surface area contributed by atoms with Crippen molar-refractivity contribution in [2.45, 2.75) is 39.2 Å². The van der Waals surface area contributed by atoms with Gasteiger partial charge in [-0.15, -0.1) is 0 Å². The van der Waals surface area contributed by atoms with Gasteiger partial charge in [-0.05, 0) is 30.0 Å². The molecule has 0 aliphatic heterocycles. The summed E-state index contributed by atoms with van der Waals surface area (Å²) in [7, 11) is 0. The van der Waals surface area contributed by atoms with Crippen LogP contribution in [0.1, 0.15) is 32.3 Å². The fourth-order valence-electron chi connectivity index (χ4n) is 2.14. The highest BCUT2D eigenvalue weighted by atomic mass is 35.5. The standard InChI is InChI=1S/C13H20Cl2N2/c1-3-9(4-2)13(17-16)7-10-5-6-11(14)8-12(10)15/h5-6,8-9,13,17H,3-4,7,16H2,1-2H3. The van der Waals surface area contributed by atoms with Crippen molar-refractivity contribution < 1.29 is 0 Å². The Kier molecular flexibility index (Phi) is 6.28. The van der Waals surface area contributed by atoms with Crippen molar-refractivity contribution in [3.8, 4) is 0 Å². The number of nitrogens with one attached hydrogen (secondary N) is 1. The van der Waals surface area contributed by atoms with E-state index < -0.39 is 0 Å². The predicted molar refractivity (Wildman–Crippen MR) is 75.3 cm³/mol. The van der Waals surface area contributed by atoms with Crippen LogP contribution in [-0.2, 0) is 6.42 Å². The summed E-state index contributed by atoms with van der Waals surface area (Å²) in [5, 5.41) is 1.38. The molecule has 0 fully saturated rings. The van der Waals surface area contributed by atoms with Gasteiger partial charge in [-0.25, -0.2) is 0 Å². The summed E-state index contributed by atoms with van der Waals surface area (Å²) >= 11 is 12.0. The number of nitrogens with two attached hydrogens (primary N) is 1. The monoisotopic (exact) mass is 274 g/mol. The zero-order valence-electron chi connectivity index (χ0n) is 10.3. The van der Waals surface area contributed by atoms with Crippen LogP contribution < -0.4 is 11.3 Å². The molecule has 3 N–H and O–H groups in total. The van der Waals surface area contributed by atoms with Gasteiger partial charge in [0.15, 0.2) is 0 Å². The van der Waals surface area contributed by atoms with Gasteiger partial charge in [0.1, 0.15) is 0 Å². The Morgan fingerprint density at radius 1 is 1.24 bits per heavy atom. The van der Waals surface area contributed by atoms with Gasteiger partial charge < -0.3 is 0 Å². The fraction of sp³-hybridized carbons (Fsp3) is 0.538. The maximum Gasteiger partial charge on any atom is 0.0453 e. The smallest absolute Gasteiger partial charge is 0.0453 e. The van der Waals surface area contributed by atoms with Crippen LogP contribution in [0.15, 0.2) is 18.2 Å². The lowest BCUT2D eigenvalue weighted by Crippen LogP contribution is -2.42. The van der Waals surface area contributed by atoms with E-state index in [0.717, 1.165) is 24.8 Å². The average Bonchev–Trinajstić information content (AvgIpc) is 2.32. The van der Waals surface area contributed by atoms with Crippen LogP contribution in [0.3, 0.4) is 0 Å². The minimum Gasteiger partial charge on any atom is -0.271 e. The van der Waals surface area contributed by atoms with E-state index in [4.69, 9.17) is 29.0 Å². The van der Waals surface area contributed by atoms with Crippen LogP contribution in [-0.4, -0.2) is 6.04 Å². The molecule has 0 bridgehead atoms. The highest BCUT2D eigenvalue weighted by Crippen LogP contribution is 2.24. The number of halogens is 2. The minimum atomic E-state index is 0.253. The van der Waals surface area contributed by atoms with Gasteiger partial charge in [0.25, 0.3) is 0 Å². The first-order valence-corrected chi connectivity index (χ1v) is 6.78. The summed E-state index contributed by atoms with van der Waals surface area (Å²) in [5.74, 6) is 6.20. The SMILES string of the molecule is CCC(CC)C(Cc1ccc(Cl)cc1Cl)NN. The number of rotatable bonds is 6. The van der Waals surface area contributed by atoms with Crippen molar-refractivity contribution in [3.05, 3.63) is 33.8 Å². The number of hydrazine groups is 1. The zero-order valence-corrected chi connectivity index (χ0v) is 11.9. The highest BCUT2D eigenvalue weighted by molar-refractivity contribution is 6.35. The van der Waals surface area contributed by atoms with E-state index >= 15 is 0 Å². The van der Waals surface area contributed by atoms with Gasteiger partial charge in [0.05, 0.1) is 0 Å². The van der Waals surface area contributed by atoms with Crippen molar-refractivity contribution in [1.82, 2.24) is 5.43 Å². The maximum absolute atomic E-state index is 6.17. The van der Waals surface area contributed by atoms with Gasteiger partial charge in [-0.1, -0.05) is 56.0 Å². The van der Waals surface area contributed by atoms with Gasteiger partial charge in [0.2, 0.25) is 0 Å². The summed E-state index contributed by atoms with van der Waals surface area (Å²) in [5.41, 5.74) is 3.99. The molecular formula is C13H20Cl2N2. The van der Waals surface area contributed by atoms with Gasteiger partial charge in [0, 0.05) is 16.1 Å². The second kappa shape index (κ2) is 7.22. The summed E-state index contributed by atoms with van der Waals surface area (Å²) in [6.45, 7) is 4.37. The first-order valence-electron chi connectivity index (χ1n) is 6.02. The van der Waals surface area contributed by atoms with Crippen LogP contribution in [0.4, 0.5) is 0 Å². The van der Waals surface area contributed by atoms with Crippen molar-refractivity contribution in [1.29, 1.82) is 0 Å². The van der Waals surface area contributed by atoms with Gasteiger partial charge in [-0.2, -0.15) is 0 Å². The summed E-state index contributed by atoms with van der Waals surface area (Å²) in [6, 6.07) is 5.86. The van der Waals surface area contributed by atoms with Gasteiger partial charge in [-0.3, -0.25) is 11.3 Å². The van der Waals surface area contributed by atoms with Gasteiger partial charge >= 0.3 is 0 Å². The number of hydrogen-bond donors (Lipinski definition) is 2. The third-order valence-corrected chi connectivity index (χ3v) is 3.87. The van der Waals surface area contributed by atoms with E-state index in [1.54, 1.807) is 6.07 Å². The van der Waals surface area contributed by atoms with Crippen molar-refractivity contribution in [2.24, 2.45) is 11.8 Å². The number of hydrogen-bond acceptors (Lipinski definition) is 2. The molecule has 0 aliphatic rings. The molecule has 1 rings (SSSR count). The largest absolute Gasteiger partial charge is 0.271 e. The molecule has 0 aromatic heterocycles. The minimum absolute atomic E-state index is 0.253. The van der Waals surface area contributed by atoms with E-state index in [2.05, 4.69) is 19.3 Å². The van der Waals surface area contributed by atoms with E-state index in [-0.39, 0.29) is 6.04 Å². The third kappa shape index (κ3) is 4.14. The average molecular weight is 275 g/mol. The van der Waals surface area contributed by atoms with Crippen LogP contribution in [0.5, 0.6) is 0 Å². The molecule has 0 radical (unpaired) electrons. The van der Waals surface area contributed by atoms with E-state index in [9.17, 15) is 0 Å². The molecule has 0 saturated heterocycles. The Labute approximate surface area is 113 Å². The summed E-state index contributed by atoms with van der Waals surface area (Å²) in [4.78, 5) is 0. The normalized spacial score (nSPS) is 13.1. The molecular weight excluding hydrogens is 255 g/mol. The molecule has 1 aromatic carbocycles. The topological polar surface area (TPSA) is 38.0 Å². The highest BCUT2D eigenvalue weighted by Gasteiger charge is 2.18. The second-order valence-corrected chi connectivity index (χ2v) is 5.13. The third-order valence-electron chi connectivity index (χ3n) is 3.29. The first kappa shape index (κ1) is 14.8. The Balaban J connectivity index is 2.80. The Morgan fingerprint density at radius 2 is 1.88 bits per heavy atom. The lowest BCUT2D eigenvalue weighted by molar-refractivity contribution is 0.335. The molecule has 0 saturated carbocycles. The van der Waals surface area contributed by atoms with Crippen LogP contribution in [0, 0.1) is 5.92 Å². The van der Waals surface area contributed by atoms with E-state index in [1.807, 2.05) is 12.1 Å². The molecule has 96 valence electrons. The number of benzene rings is 1. The van der Waals surface area contributed by atoms with Crippen LogP contribution >= 0.6 is 23.2 Å². The predicted octanol–water partition coefficient (Wildman–Crippen LogP) is 3.80. The van der Waals surface area contributed by atoms with E-state index in [0.29, 0.717) is 16.0 Å². The summed E-state index contributed by atoms with van der Waals surface area (Å²) < 4.78 is 0. The van der Waals surface area contributed by atoms with Crippen molar-refractivity contribution >= 4 is 23.2 Å². The molecule has 0 spiro atoms. The van der Waals surface area contributed by atoms with E-state index in [1.165, 1.54) is 0 Å². The molecule has 17 heavy (non-hydrogen) atoms. The molecule has 2 nitrogen and oxygen atoms in total. The molecule has 0 aliphatic carbocycles. The van der Waals surface area contributed by atoms with Crippen molar-refractivity contribution in [2.75, 3.05) is 0 Å². The molecule has 0 amide bonds. The zero-order chi connectivity index (χ0) is 12.8. The first-order chi connectivity index (χ1) is 8.12.